The van der Waals surface area contributed by atoms with Crippen LogP contribution in [0.1, 0.15) is 38.2 Å². The Hall–Kier alpha value is -2.48. The number of hydrogen-bond acceptors (Lipinski definition) is 4. The van der Waals surface area contributed by atoms with Gasteiger partial charge in [0.05, 0.1) is 7.11 Å². The van der Waals surface area contributed by atoms with Crippen molar-refractivity contribution >= 4 is 5.91 Å². The molecule has 2 unspecified atom stereocenters. The van der Waals surface area contributed by atoms with Gasteiger partial charge in [0.1, 0.15) is 17.4 Å². The topological polar surface area (TPSA) is 74.1 Å². The maximum Gasteiger partial charge on any atom is 0.263 e. The zero-order chi connectivity index (χ0) is 18.1. The number of rotatable bonds is 7. The van der Waals surface area contributed by atoms with Gasteiger partial charge in [0.2, 0.25) is 0 Å². The summed E-state index contributed by atoms with van der Waals surface area (Å²) in [4.78, 5) is 12.2. The van der Waals surface area contributed by atoms with E-state index in [4.69, 9.17) is 4.74 Å². The first-order valence-electron chi connectivity index (χ1n) is 8.91. The Bertz CT molecular complexity index is 631. The second kappa shape index (κ2) is 9.73. The minimum Gasteiger partial charge on any atom is -0.497 e. The van der Waals surface area contributed by atoms with Gasteiger partial charge < -0.3 is 15.4 Å². The van der Waals surface area contributed by atoms with Crippen molar-refractivity contribution in [2.75, 3.05) is 13.7 Å². The Balaban J connectivity index is 1.80. The molecule has 0 aliphatic heterocycles. The minimum absolute atomic E-state index is 0.132. The Morgan fingerprint density at radius 1 is 1.32 bits per heavy atom. The molecule has 0 radical (unpaired) electrons. The molecule has 1 fully saturated rings. The van der Waals surface area contributed by atoms with Crippen LogP contribution in [0.25, 0.3) is 0 Å². The Morgan fingerprint density at radius 2 is 2.04 bits per heavy atom. The summed E-state index contributed by atoms with van der Waals surface area (Å²) in [6.07, 6.45) is 7.04. The third-order valence-corrected chi connectivity index (χ3v) is 4.78. The fourth-order valence-corrected chi connectivity index (χ4v) is 3.11. The lowest BCUT2D eigenvalue weighted by Crippen LogP contribution is -2.35. The maximum atomic E-state index is 12.2. The van der Waals surface area contributed by atoms with Crippen LogP contribution in [0.2, 0.25) is 0 Å². The summed E-state index contributed by atoms with van der Waals surface area (Å²) in [5.41, 5.74) is 1.24. The van der Waals surface area contributed by atoms with E-state index in [0.29, 0.717) is 24.9 Å². The molecule has 1 aliphatic carbocycles. The van der Waals surface area contributed by atoms with E-state index >= 15 is 0 Å². The van der Waals surface area contributed by atoms with E-state index in [1.807, 2.05) is 30.3 Å². The SMILES string of the molecule is COc1ccc(CCNC(=O)/C(C#N)=C\NC2CCCCC2C)cc1. The van der Waals surface area contributed by atoms with Crippen molar-refractivity contribution in [1.82, 2.24) is 10.6 Å². The second-order valence-electron chi connectivity index (χ2n) is 6.56. The Labute approximate surface area is 150 Å². The van der Waals surface area contributed by atoms with E-state index in [-0.39, 0.29) is 11.5 Å². The molecule has 25 heavy (non-hydrogen) atoms. The molecule has 0 aromatic heterocycles. The average molecular weight is 341 g/mol. The van der Waals surface area contributed by atoms with Gasteiger partial charge in [0, 0.05) is 18.8 Å². The number of ether oxygens (including phenoxy) is 1. The number of hydrogen-bond donors (Lipinski definition) is 2. The van der Waals surface area contributed by atoms with Crippen molar-refractivity contribution in [3.8, 4) is 11.8 Å². The molecule has 1 aromatic rings. The fourth-order valence-electron chi connectivity index (χ4n) is 3.11. The molecule has 2 N–H and O–H groups in total. The highest BCUT2D eigenvalue weighted by Crippen LogP contribution is 2.23. The van der Waals surface area contributed by atoms with E-state index in [0.717, 1.165) is 17.7 Å². The van der Waals surface area contributed by atoms with Crippen LogP contribution in [0.4, 0.5) is 0 Å². The normalized spacial score (nSPS) is 20.4. The van der Waals surface area contributed by atoms with Crippen molar-refractivity contribution < 1.29 is 9.53 Å². The molecule has 0 spiro atoms. The molecule has 0 saturated heterocycles. The molecule has 134 valence electrons. The molecule has 0 bridgehead atoms. The summed E-state index contributed by atoms with van der Waals surface area (Å²) in [5.74, 6) is 1.06. The molecule has 5 nitrogen and oxygen atoms in total. The highest BCUT2D eigenvalue weighted by atomic mass is 16.5. The Morgan fingerprint density at radius 3 is 2.68 bits per heavy atom. The van der Waals surface area contributed by atoms with Gasteiger partial charge >= 0.3 is 0 Å². The largest absolute Gasteiger partial charge is 0.497 e. The third-order valence-electron chi connectivity index (χ3n) is 4.78. The minimum atomic E-state index is -0.327. The molecule has 1 aromatic carbocycles. The fraction of sp³-hybridized carbons (Fsp3) is 0.500. The van der Waals surface area contributed by atoms with Crippen LogP contribution in [-0.2, 0) is 11.2 Å². The summed E-state index contributed by atoms with van der Waals surface area (Å²) in [5, 5.41) is 15.3. The number of carbonyl (C=O) groups is 1. The second-order valence-corrected chi connectivity index (χ2v) is 6.56. The molecule has 5 heteroatoms. The number of methoxy groups -OCH3 is 1. The molecular formula is C20H27N3O2. The van der Waals surface area contributed by atoms with Crippen molar-refractivity contribution in [3.63, 3.8) is 0 Å². The van der Waals surface area contributed by atoms with Crippen LogP contribution in [-0.4, -0.2) is 25.6 Å². The summed E-state index contributed by atoms with van der Waals surface area (Å²) in [6, 6.07) is 10.1. The third kappa shape index (κ3) is 5.82. The first-order valence-corrected chi connectivity index (χ1v) is 8.91. The predicted molar refractivity (Wildman–Crippen MR) is 98.0 cm³/mol. The van der Waals surface area contributed by atoms with Crippen LogP contribution >= 0.6 is 0 Å². The first kappa shape index (κ1) is 18.9. The maximum absolute atomic E-state index is 12.2. The van der Waals surface area contributed by atoms with Crippen LogP contribution in [0, 0.1) is 17.2 Å². The highest BCUT2D eigenvalue weighted by molar-refractivity contribution is 5.97. The molecule has 1 saturated carbocycles. The lowest BCUT2D eigenvalue weighted by molar-refractivity contribution is -0.117. The zero-order valence-electron chi connectivity index (χ0n) is 15.0. The lowest BCUT2D eigenvalue weighted by Gasteiger charge is -2.29. The van der Waals surface area contributed by atoms with Gasteiger partial charge in [-0.05, 0) is 42.9 Å². The molecule has 2 atom stereocenters. The summed E-state index contributed by atoms with van der Waals surface area (Å²) in [6.45, 7) is 2.70. The van der Waals surface area contributed by atoms with Gasteiger partial charge in [-0.25, -0.2) is 0 Å². The monoisotopic (exact) mass is 341 g/mol. The smallest absolute Gasteiger partial charge is 0.263 e. The number of carbonyl (C=O) groups excluding carboxylic acids is 1. The first-order chi connectivity index (χ1) is 12.1. The summed E-state index contributed by atoms with van der Waals surface area (Å²) < 4.78 is 5.12. The molecule has 1 amide bonds. The lowest BCUT2D eigenvalue weighted by atomic mass is 9.86. The standard InChI is InChI=1S/C20H27N3O2/c1-15-5-3-4-6-19(15)23-14-17(13-21)20(24)22-12-11-16-7-9-18(25-2)10-8-16/h7-10,14-15,19,23H,3-6,11-12H2,1-2H3,(H,22,24)/b17-14-. The van der Waals surface area contributed by atoms with Crippen LogP contribution in [0.3, 0.4) is 0 Å². The zero-order valence-corrected chi connectivity index (χ0v) is 15.0. The van der Waals surface area contributed by atoms with Gasteiger partial charge in [0.25, 0.3) is 5.91 Å². The van der Waals surface area contributed by atoms with Crippen molar-refractivity contribution in [1.29, 1.82) is 5.26 Å². The summed E-state index contributed by atoms with van der Waals surface area (Å²) in [7, 11) is 1.63. The van der Waals surface area contributed by atoms with Crippen LogP contribution in [0.5, 0.6) is 5.75 Å². The Kier molecular flexibility index (Phi) is 7.34. The van der Waals surface area contributed by atoms with Crippen LogP contribution < -0.4 is 15.4 Å². The van der Waals surface area contributed by atoms with Crippen LogP contribution in [0.15, 0.2) is 36.0 Å². The molecular weight excluding hydrogens is 314 g/mol. The molecule has 1 aliphatic rings. The number of amides is 1. The average Bonchev–Trinajstić information content (AvgIpc) is 2.64. The van der Waals surface area contributed by atoms with Gasteiger partial charge in [-0.2, -0.15) is 5.26 Å². The van der Waals surface area contributed by atoms with Crippen molar-refractivity contribution in [3.05, 3.63) is 41.6 Å². The van der Waals surface area contributed by atoms with Gasteiger partial charge in [0.15, 0.2) is 0 Å². The predicted octanol–water partition coefficient (Wildman–Crippen LogP) is 2.93. The van der Waals surface area contributed by atoms with E-state index in [2.05, 4.69) is 17.6 Å². The van der Waals surface area contributed by atoms with E-state index in [1.165, 1.54) is 19.3 Å². The number of nitrogens with one attached hydrogen (secondary N) is 2. The van der Waals surface area contributed by atoms with Gasteiger partial charge in [-0.1, -0.05) is 31.9 Å². The summed E-state index contributed by atoms with van der Waals surface area (Å²) >= 11 is 0. The highest BCUT2D eigenvalue weighted by Gasteiger charge is 2.20. The van der Waals surface area contributed by atoms with E-state index < -0.39 is 0 Å². The van der Waals surface area contributed by atoms with Gasteiger partial charge in [-0.3, -0.25) is 4.79 Å². The number of nitrogens with zero attached hydrogens (tertiary/aromatic N) is 1. The number of nitriles is 1. The van der Waals surface area contributed by atoms with Crippen molar-refractivity contribution in [2.45, 2.75) is 45.1 Å². The molecule has 2 rings (SSSR count). The molecule has 0 heterocycles. The van der Waals surface area contributed by atoms with E-state index in [9.17, 15) is 10.1 Å². The quantitative estimate of drug-likeness (QED) is 0.591. The number of benzene rings is 1. The van der Waals surface area contributed by atoms with E-state index in [1.54, 1.807) is 13.3 Å². The van der Waals surface area contributed by atoms with Crippen molar-refractivity contribution in [2.24, 2.45) is 5.92 Å². The van der Waals surface area contributed by atoms with Gasteiger partial charge in [-0.15, -0.1) is 0 Å².